The number of aromatic nitrogens is 2. The Hall–Kier alpha value is -3.15. The number of rotatable bonds is 5. The highest BCUT2D eigenvalue weighted by Gasteiger charge is 2.08. The Morgan fingerprint density at radius 2 is 1.61 bits per heavy atom. The molecular weight excluding hydrogens is 374 g/mol. The molecule has 0 bridgehead atoms. The van der Waals surface area contributed by atoms with E-state index in [1.807, 2.05) is 54.6 Å². The molecule has 0 spiro atoms. The van der Waals surface area contributed by atoms with Crippen molar-refractivity contribution < 1.29 is 9.90 Å². The van der Waals surface area contributed by atoms with Gasteiger partial charge in [-0.3, -0.25) is 4.79 Å². The van der Waals surface area contributed by atoms with Crippen molar-refractivity contribution in [3.05, 3.63) is 77.3 Å². The highest BCUT2D eigenvalue weighted by Crippen LogP contribution is 2.26. The maximum absolute atomic E-state index is 11.9. The van der Waals surface area contributed by atoms with Gasteiger partial charge in [0, 0.05) is 22.7 Å². The number of imidazole rings is 1. The van der Waals surface area contributed by atoms with Crippen LogP contribution in [0.5, 0.6) is 0 Å². The summed E-state index contributed by atoms with van der Waals surface area (Å²) in [6, 6.07) is 21.0. The zero-order valence-electron chi connectivity index (χ0n) is 14.9. The number of benzene rings is 3. The van der Waals surface area contributed by atoms with Crippen LogP contribution in [0.15, 0.2) is 66.7 Å². The van der Waals surface area contributed by atoms with Crippen molar-refractivity contribution in [2.24, 2.45) is 0 Å². The number of aliphatic hydroxyl groups is 1. The highest BCUT2D eigenvalue weighted by molar-refractivity contribution is 6.31. The second-order valence-corrected chi connectivity index (χ2v) is 6.82. The van der Waals surface area contributed by atoms with Crippen molar-refractivity contribution in [2.75, 3.05) is 13.2 Å². The first kappa shape index (κ1) is 18.2. The molecule has 6 heteroatoms. The number of nitrogens with zero attached hydrogens (tertiary/aromatic N) is 1. The molecule has 4 rings (SSSR count). The predicted octanol–water partition coefficient (Wildman–Crippen LogP) is 4.27. The monoisotopic (exact) mass is 391 g/mol. The molecule has 0 aliphatic rings. The molecule has 0 aliphatic heterocycles. The Balaban J connectivity index is 1.54. The summed E-state index contributed by atoms with van der Waals surface area (Å²) in [5.41, 5.74) is 5.39. The first-order chi connectivity index (χ1) is 13.6. The van der Waals surface area contributed by atoms with E-state index in [1.165, 1.54) is 0 Å². The van der Waals surface area contributed by atoms with Gasteiger partial charge in [-0.15, -0.1) is 0 Å². The van der Waals surface area contributed by atoms with E-state index in [4.69, 9.17) is 16.7 Å². The number of carbonyl (C=O) groups is 1. The first-order valence-corrected chi connectivity index (χ1v) is 9.27. The van der Waals surface area contributed by atoms with E-state index in [-0.39, 0.29) is 19.1 Å². The van der Waals surface area contributed by atoms with Crippen LogP contribution >= 0.6 is 11.6 Å². The molecule has 28 heavy (non-hydrogen) atoms. The summed E-state index contributed by atoms with van der Waals surface area (Å²) >= 11 is 6.03. The summed E-state index contributed by atoms with van der Waals surface area (Å²) in [4.78, 5) is 19.8. The molecule has 5 nitrogen and oxygen atoms in total. The quantitative estimate of drug-likeness (QED) is 0.475. The van der Waals surface area contributed by atoms with Crippen LogP contribution in [0.4, 0.5) is 0 Å². The molecule has 4 aromatic rings. The molecule has 0 saturated heterocycles. The lowest BCUT2D eigenvalue weighted by molar-refractivity contribution is 0.0945. The van der Waals surface area contributed by atoms with Crippen molar-refractivity contribution in [2.45, 2.75) is 0 Å². The van der Waals surface area contributed by atoms with E-state index < -0.39 is 0 Å². The Morgan fingerprint density at radius 1 is 0.964 bits per heavy atom. The van der Waals surface area contributed by atoms with Crippen LogP contribution in [-0.4, -0.2) is 34.1 Å². The first-order valence-electron chi connectivity index (χ1n) is 8.89. The average Bonchev–Trinajstić information content (AvgIpc) is 3.15. The van der Waals surface area contributed by atoms with Gasteiger partial charge in [0.2, 0.25) is 0 Å². The van der Waals surface area contributed by atoms with Gasteiger partial charge in [0.25, 0.3) is 5.91 Å². The number of amides is 1. The van der Waals surface area contributed by atoms with E-state index in [0.717, 1.165) is 33.5 Å². The van der Waals surface area contributed by atoms with E-state index in [2.05, 4.69) is 15.3 Å². The number of carbonyl (C=O) groups excluding carboxylic acids is 1. The van der Waals surface area contributed by atoms with Gasteiger partial charge in [0.05, 0.1) is 17.6 Å². The number of hydrogen-bond donors (Lipinski definition) is 3. The number of hydrogen-bond acceptors (Lipinski definition) is 3. The van der Waals surface area contributed by atoms with Crippen LogP contribution in [0.2, 0.25) is 5.02 Å². The largest absolute Gasteiger partial charge is 0.395 e. The molecule has 0 radical (unpaired) electrons. The molecule has 1 amide bonds. The van der Waals surface area contributed by atoms with E-state index in [1.54, 1.807) is 12.1 Å². The number of aliphatic hydroxyl groups excluding tert-OH is 1. The fraction of sp³-hybridized carbons (Fsp3) is 0.0909. The maximum Gasteiger partial charge on any atom is 0.251 e. The van der Waals surface area contributed by atoms with Crippen molar-refractivity contribution in [1.29, 1.82) is 0 Å². The molecule has 1 aromatic heterocycles. The normalized spacial score (nSPS) is 10.9. The fourth-order valence-corrected chi connectivity index (χ4v) is 3.19. The van der Waals surface area contributed by atoms with Gasteiger partial charge in [-0.2, -0.15) is 0 Å². The topological polar surface area (TPSA) is 78.0 Å². The van der Waals surface area contributed by atoms with Gasteiger partial charge < -0.3 is 15.4 Å². The number of aromatic amines is 1. The predicted molar refractivity (Wildman–Crippen MR) is 111 cm³/mol. The maximum atomic E-state index is 11.9. The lowest BCUT2D eigenvalue weighted by atomic mass is 10.0. The Kier molecular flexibility index (Phi) is 5.10. The number of H-pyrrole nitrogens is 1. The molecule has 0 aliphatic carbocycles. The van der Waals surface area contributed by atoms with Gasteiger partial charge in [-0.1, -0.05) is 48.0 Å². The fourth-order valence-electron chi connectivity index (χ4n) is 3.02. The molecule has 0 saturated carbocycles. The molecule has 3 N–H and O–H groups in total. The summed E-state index contributed by atoms with van der Waals surface area (Å²) in [6.07, 6.45) is 0. The minimum absolute atomic E-state index is 0.0750. The number of fused-ring (bicyclic) bond motifs is 1. The van der Waals surface area contributed by atoms with Crippen LogP contribution in [0.25, 0.3) is 33.5 Å². The lowest BCUT2D eigenvalue weighted by Gasteiger charge is -2.06. The Bertz CT molecular complexity index is 1120. The SMILES string of the molecule is O=C(NCCO)c1ccc(-c2ccc(-c3nc4cc(Cl)ccc4[nH]3)cc2)cc1. The average molecular weight is 392 g/mol. The molecule has 0 unspecified atom stereocenters. The van der Waals surface area contributed by atoms with Crippen LogP contribution in [0, 0.1) is 0 Å². The second kappa shape index (κ2) is 7.84. The third kappa shape index (κ3) is 3.76. The number of halogens is 1. The number of nitrogens with one attached hydrogen (secondary N) is 2. The third-order valence-electron chi connectivity index (χ3n) is 4.48. The molecule has 0 atom stereocenters. The molecular formula is C22H18ClN3O2. The van der Waals surface area contributed by atoms with Crippen molar-refractivity contribution in [3.63, 3.8) is 0 Å². The minimum atomic E-state index is -0.194. The zero-order valence-corrected chi connectivity index (χ0v) is 15.7. The molecule has 3 aromatic carbocycles. The van der Waals surface area contributed by atoms with Gasteiger partial charge in [-0.05, 0) is 41.5 Å². The Labute approximate surface area is 167 Å². The summed E-state index contributed by atoms with van der Waals surface area (Å²) in [6.45, 7) is 0.171. The summed E-state index contributed by atoms with van der Waals surface area (Å²) < 4.78 is 0. The molecule has 1 heterocycles. The third-order valence-corrected chi connectivity index (χ3v) is 4.72. The van der Waals surface area contributed by atoms with Crippen LogP contribution < -0.4 is 5.32 Å². The van der Waals surface area contributed by atoms with Crippen molar-refractivity contribution >= 4 is 28.5 Å². The van der Waals surface area contributed by atoms with Crippen LogP contribution in [0.3, 0.4) is 0 Å². The zero-order chi connectivity index (χ0) is 19.5. The summed E-state index contributed by atoms with van der Waals surface area (Å²) in [5.74, 6) is 0.598. The second-order valence-electron chi connectivity index (χ2n) is 6.38. The standard InChI is InChI=1S/C22H18ClN3O2/c23-18-9-10-19-20(13-18)26-21(25-19)16-5-1-14(2-6-16)15-3-7-17(8-4-15)22(28)24-11-12-27/h1-10,13,27H,11-12H2,(H,24,28)(H,25,26). The van der Waals surface area contributed by atoms with Gasteiger partial charge in [0.1, 0.15) is 5.82 Å². The van der Waals surface area contributed by atoms with Gasteiger partial charge >= 0.3 is 0 Å². The molecule has 140 valence electrons. The smallest absolute Gasteiger partial charge is 0.251 e. The Morgan fingerprint density at radius 3 is 2.29 bits per heavy atom. The van der Waals surface area contributed by atoms with Crippen molar-refractivity contribution in [1.82, 2.24) is 15.3 Å². The highest BCUT2D eigenvalue weighted by atomic mass is 35.5. The summed E-state index contributed by atoms with van der Waals surface area (Å²) in [7, 11) is 0. The summed E-state index contributed by atoms with van der Waals surface area (Å²) in [5, 5.41) is 12.1. The van der Waals surface area contributed by atoms with E-state index in [0.29, 0.717) is 10.6 Å². The lowest BCUT2D eigenvalue weighted by Crippen LogP contribution is -2.26. The van der Waals surface area contributed by atoms with Crippen LogP contribution in [-0.2, 0) is 0 Å². The van der Waals surface area contributed by atoms with Crippen molar-refractivity contribution in [3.8, 4) is 22.5 Å². The molecule has 0 fully saturated rings. The van der Waals surface area contributed by atoms with Gasteiger partial charge in [-0.25, -0.2) is 4.98 Å². The van der Waals surface area contributed by atoms with E-state index in [9.17, 15) is 4.79 Å². The van der Waals surface area contributed by atoms with Crippen LogP contribution in [0.1, 0.15) is 10.4 Å². The van der Waals surface area contributed by atoms with Gasteiger partial charge in [0.15, 0.2) is 0 Å². The van der Waals surface area contributed by atoms with E-state index >= 15 is 0 Å². The minimum Gasteiger partial charge on any atom is -0.395 e.